The van der Waals surface area contributed by atoms with Gasteiger partial charge in [-0.3, -0.25) is 4.79 Å². The minimum absolute atomic E-state index is 0.119. The average Bonchev–Trinajstić information content (AvgIpc) is 3.01. The minimum Gasteiger partial charge on any atom is -0.458 e. The van der Waals surface area contributed by atoms with E-state index in [1.165, 1.54) is 22.9 Å². The van der Waals surface area contributed by atoms with Crippen LogP contribution in [0, 0.1) is 20.8 Å². The second-order valence-corrected chi connectivity index (χ2v) is 7.12. The van der Waals surface area contributed by atoms with Crippen molar-refractivity contribution in [2.75, 3.05) is 5.75 Å². The van der Waals surface area contributed by atoms with Gasteiger partial charge in [0.05, 0.1) is 5.75 Å². The van der Waals surface area contributed by atoms with Gasteiger partial charge in [0.1, 0.15) is 18.1 Å². The van der Waals surface area contributed by atoms with Crippen LogP contribution in [-0.2, 0) is 16.1 Å². The third-order valence-corrected chi connectivity index (χ3v) is 5.11. The van der Waals surface area contributed by atoms with Crippen LogP contribution in [0.1, 0.15) is 22.6 Å². The molecule has 0 atom stereocenters. The topological polar surface area (TPSA) is 52.3 Å². The zero-order chi connectivity index (χ0) is 18.5. The van der Waals surface area contributed by atoms with E-state index in [0.717, 1.165) is 10.5 Å². The SMILES string of the molecule is Cc1ccc(SCC(=O)OCc2nc(-c3ccccc3)oc2C)c(C)c1. The molecule has 26 heavy (non-hydrogen) atoms. The van der Waals surface area contributed by atoms with Crippen LogP contribution < -0.4 is 0 Å². The van der Waals surface area contributed by atoms with Gasteiger partial charge in [0.15, 0.2) is 0 Å². The fourth-order valence-corrected chi connectivity index (χ4v) is 3.36. The standard InChI is InChI=1S/C21H21NO3S/c1-14-9-10-19(15(2)11-14)26-13-20(23)24-12-18-16(3)25-21(22-18)17-7-5-4-6-8-17/h4-11H,12-13H2,1-3H3. The molecule has 0 aliphatic heterocycles. The quantitative estimate of drug-likeness (QED) is 0.448. The molecule has 0 saturated carbocycles. The number of hydrogen-bond acceptors (Lipinski definition) is 5. The number of hydrogen-bond donors (Lipinski definition) is 0. The maximum Gasteiger partial charge on any atom is 0.316 e. The summed E-state index contributed by atoms with van der Waals surface area (Å²) >= 11 is 1.49. The van der Waals surface area contributed by atoms with Gasteiger partial charge >= 0.3 is 5.97 Å². The number of aromatic nitrogens is 1. The highest BCUT2D eigenvalue weighted by Crippen LogP contribution is 2.24. The Morgan fingerprint density at radius 2 is 1.88 bits per heavy atom. The Kier molecular flexibility index (Phi) is 5.78. The van der Waals surface area contributed by atoms with Crippen molar-refractivity contribution in [1.82, 2.24) is 4.98 Å². The van der Waals surface area contributed by atoms with Gasteiger partial charge in [-0.05, 0) is 44.5 Å². The first-order valence-corrected chi connectivity index (χ1v) is 9.39. The van der Waals surface area contributed by atoms with E-state index in [1.54, 1.807) is 0 Å². The molecule has 0 amide bonds. The largest absolute Gasteiger partial charge is 0.458 e. The van der Waals surface area contributed by atoms with Crippen LogP contribution in [-0.4, -0.2) is 16.7 Å². The van der Waals surface area contributed by atoms with Gasteiger partial charge in [-0.15, -0.1) is 11.8 Å². The lowest BCUT2D eigenvalue weighted by Crippen LogP contribution is -2.08. The second kappa shape index (κ2) is 8.23. The summed E-state index contributed by atoms with van der Waals surface area (Å²) in [4.78, 5) is 17.6. The summed E-state index contributed by atoms with van der Waals surface area (Å²) < 4.78 is 11.0. The van der Waals surface area contributed by atoms with E-state index >= 15 is 0 Å². The van der Waals surface area contributed by atoms with Crippen LogP contribution in [0.3, 0.4) is 0 Å². The van der Waals surface area contributed by atoms with Gasteiger partial charge < -0.3 is 9.15 Å². The third kappa shape index (κ3) is 4.55. The molecule has 0 saturated heterocycles. The third-order valence-electron chi connectivity index (χ3n) is 3.96. The van der Waals surface area contributed by atoms with Gasteiger partial charge in [-0.25, -0.2) is 4.98 Å². The van der Waals surface area contributed by atoms with Crippen molar-refractivity contribution in [1.29, 1.82) is 0 Å². The Hall–Kier alpha value is -2.53. The summed E-state index contributed by atoms with van der Waals surface area (Å²) in [7, 11) is 0. The average molecular weight is 367 g/mol. The van der Waals surface area contributed by atoms with Crippen molar-refractivity contribution in [3.8, 4) is 11.5 Å². The fourth-order valence-electron chi connectivity index (χ4n) is 2.55. The number of carbonyl (C=O) groups excluding carboxylic acids is 1. The normalized spacial score (nSPS) is 10.7. The smallest absolute Gasteiger partial charge is 0.316 e. The lowest BCUT2D eigenvalue weighted by Gasteiger charge is -2.06. The highest BCUT2D eigenvalue weighted by molar-refractivity contribution is 8.00. The molecule has 4 nitrogen and oxygen atoms in total. The molecule has 0 radical (unpaired) electrons. The number of esters is 1. The van der Waals surface area contributed by atoms with Crippen LogP contribution in [0.5, 0.6) is 0 Å². The second-order valence-electron chi connectivity index (χ2n) is 6.11. The zero-order valence-corrected chi connectivity index (χ0v) is 15.9. The van der Waals surface area contributed by atoms with E-state index in [9.17, 15) is 4.79 Å². The van der Waals surface area contributed by atoms with E-state index in [0.29, 0.717) is 17.3 Å². The number of rotatable bonds is 6. The van der Waals surface area contributed by atoms with E-state index in [-0.39, 0.29) is 18.3 Å². The molecule has 3 rings (SSSR count). The Morgan fingerprint density at radius 3 is 2.62 bits per heavy atom. The number of aryl methyl sites for hydroxylation is 3. The minimum atomic E-state index is -0.265. The zero-order valence-electron chi connectivity index (χ0n) is 15.1. The predicted octanol–water partition coefficient (Wildman–Crippen LogP) is 5.10. The van der Waals surface area contributed by atoms with Crippen molar-refractivity contribution in [3.05, 3.63) is 71.1 Å². The van der Waals surface area contributed by atoms with Crippen LogP contribution in [0.15, 0.2) is 57.8 Å². The molecule has 0 unspecified atom stereocenters. The van der Waals surface area contributed by atoms with Gasteiger partial charge in [-0.1, -0.05) is 35.9 Å². The molecule has 5 heteroatoms. The van der Waals surface area contributed by atoms with Crippen molar-refractivity contribution in [2.45, 2.75) is 32.3 Å². The highest BCUT2D eigenvalue weighted by Gasteiger charge is 2.13. The molecule has 0 N–H and O–H groups in total. The van der Waals surface area contributed by atoms with Crippen LogP contribution in [0.2, 0.25) is 0 Å². The maximum atomic E-state index is 12.1. The van der Waals surface area contributed by atoms with E-state index in [4.69, 9.17) is 9.15 Å². The molecule has 0 aliphatic carbocycles. The Balaban J connectivity index is 1.55. The summed E-state index contributed by atoms with van der Waals surface area (Å²) in [5.41, 5.74) is 3.93. The maximum absolute atomic E-state index is 12.1. The van der Waals surface area contributed by atoms with Crippen LogP contribution >= 0.6 is 11.8 Å². The summed E-state index contributed by atoms with van der Waals surface area (Å²) in [6, 6.07) is 15.9. The molecule has 0 aliphatic rings. The number of benzene rings is 2. The van der Waals surface area contributed by atoms with Crippen molar-refractivity contribution < 1.29 is 13.9 Å². The van der Waals surface area contributed by atoms with Crippen molar-refractivity contribution in [3.63, 3.8) is 0 Å². The number of oxazole rings is 1. The first-order chi connectivity index (χ1) is 12.5. The number of nitrogens with zero attached hydrogens (tertiary/aromatic N) is 1. The van der Waals surface area contributed by atoms with Gasteiger partial charge in [0, 0.05) is 10.5 Å². The van der Waals surface area contributed by atoms with E-state index in [1.807, 2.05) is 56.3 Å². The van der Waals surface area contributed by atoms with Gasteiger partial charge in [0.25, 0.3) is 0 Å². The Morgan fingerprint density at radius 1 is 1.12 bits per heavy atom. The summed E-state index contributed by atoms with van der Waals surface area (Å²) in [6.07, 6.45) is 0. The highest BCUT2D eigenvalue weighted by atomic mass is 32.2. The molecular formula is C21H21NO3S. The summed E-state index contributed by atoms with van der Waals surface area (Å²) in [6.45, 7) is 6.05. The van der Waals surface area contributed by atoms with Crippen LogP contribution in [0.25, 0.3) is 11.5 Å². The molecule has 3 aromatic rings. The summed E-state index contributed by atoms with van der Waals surface area (Å²) in [5, 5.41) is 0. The fraction of sp³-hybridized carbons (Fsp3) is 0.238. The van der Waals surface area contributed by atoms with Gasteiger partial charge in [0.2, 0.25) is 5.89 Å². The number of ether oxygens (including phenoxy) is 1. The molecule has 134 valence electrons. The first-order valence-electron chi connectivity index (χ1n) is 8.40. The molecule has 0 fully saturated rings. The van der Waals surface area contributed by atoms with Gasteiger partial charge in [-0.2, -0.15) is 0 Å². The molecule has 2 aromatic carbocycles. The molecular weight excluding hydrogens is 346 g/mol. The number of carbonyl (C=O) groups is 1. The lowest BCUT2D eigenvalue weighted by atomic mass is 10.2. The lowest BCUT2D eigenvalue weighted by molar-refractivity contribution is -0.141. The molecule has 1 heterocycles. The number of thioether (sulfide) groups is 1. The van der Waals surface area contributed by atoms with Crippen molar-refractivity contribution >= 4 is 17.7 Å². The summed E-state index contributed by atoms with van der Waals surface area (Å²) in [5.74, 6) is 1.21. The van der Waals surface area contributed by atoms with E-state index in [2.05, 4.69) is 18.0 Å². The van der Waals surface area contributed by atoms with E-state index < -0.39 is 0 Å². The molecule has 0 spiro atoms. The van der Waals surface area contributed by atoms with Crippen LogP contribution in [0.4, 0.5) is 0 Å². The predicted molar refractivity (Wildman–Crippen MR) is 103 cm³/mol. The van der Waals surface area contributed by atoms with Crippen molar-refractivity contribution in [2.24, 2.45) is 0 Å². The first kappa shape index (κ1) is 18.3. The Labute approximate surface area is 157 Å². The Bertz CT molecular complexity index is 903. The molecule has 1 aromatic heterocycles. The monoisotopic (exact) mass is 367 g/mol. The molecule has 0 bridgehead atoms.